The number of amidine groups is 1. The molecule has 0 spiro atoms. The third-order valence-electron chi connectivity index (χ3n) is 5.78. The Bertz CT molecular complexity index is 1100. The molecular formula is C26H29FN4O2. The zero-order chi connectivity index (χ0) is 23.4. The van der Waals surface area contributed by atoms with Gasteiger partial charge in [-0.3, -0.25) is 0 Å². The highest BCUT2D eigenvalue weighted by molar-refractivity contribution is 6.03. The summed E-state index contributed by atoms with van der Waals surface area (Å²) in [4.78, 5) is 9.69. The lowest BCUT2D eigenvalue weighted by Crippen LogP contribution is -2.44. The van der Waals surface area contributed by atoms with Crippen LogP contribution in [0.3, 0.4) is 0 Å². The number of benzene rings is 2. The summed E-state index contributed by atoms with van der Waals surface area (Å²) < 4.78 is 19.1. The number of nitrogens with zero attached hydrogens (tertiary/aromatic N) is 3. The van der Waals surface area contributed by atoms with E-state index in [2.05, 4.69) is 22.7 Å². The van der Waals surface area contributed by atoms with Gasteiger partial charge < -0.3 is 25.1 Å². The fourth-order valence-corrected chi connectivity index (χ4v) is 4.25. The van der Waals surface area contributed by atoms with Gasteiger partial charge in [-0.25, -0.2) is 4.39 Å². The first kappa shape index (κ1) is 22.5. The molecule has 2 aromatic rings. The van der Waals surface area contributed by atoms with Crippen molar-refractivity contribution in [3.8, 4) is 5.75 Å². The minimum Gasteiger partial charge on any atom is -0.495 e. The summed E-state index contributed by atoms with van der Waals surface area (Å²) in [6.07, 6.45) is 7.51. The molecule has 0 radical (unpaired) electrons. The van der Waals surface area contributed by atoms with Crippen LogP contribution in [0, 0.1) is 5.82 Å². The van der Waals surface area contributed by atoms with E-state index < -0.39 is 0 Å². The molecule has 2 aliphatic rings. The molecule has 0 saturated carbocycles. The fourth-order valence-electron chi connectivity index (χ4n) is 4.25. The van der Waals surface area contributed by atoms with Gasteiger partial charge in [0, 0.05) is 24.6 Å². The maximum absolute atomic E-state index is 13.4. The van der Waals surface area contributed by atoms with Crippen LogP contribution in [-0.4, -0.2) is 31.0 Å². The molecule has 0 bridgehead atoms. The summed E-state index contributed by atoms with van der Waals surface area (Å²) in [7, 11) is 1.64. The predicted octanol–water partition coefficient (Wildman–Crippen LogP) is 5.17. The first-order valence-corrected chi connectivity index (χ1v) is 11.0. The van der Waals surface area contributed by atoms with Crippen LogP contribution in [0.1, 0.15) is 36.9 Å². The molecule has 4 rings (SSSR count). The smallest absolute Gasteiger partial charge is 0.172 e. The maximum atomic E-state index is 13.4. The monoisotopic (exact) mass is 448 g/mol. The van der Waals surface area contributed by atoms with Crippen LogP contribution in [0.25, 0.3) is 6.08 Å². The van der Waals surface area contributed by atoms with Gasteiger partial charge in [0.05, 0.1) is 18.8 Å². The number of allylic oxidation sites excluding steroid dienone is 1. The number of hydrogen-bond acceptors (Lipinski definition) is 6. The molecule has 0 unspecified atom stereocenters. The molecule has 7 heteroatoms. The number of piperidine rings is 1. The molecule has 6 nitrogen and oxygen atoms in total. The third-order valence-corrected chi connectivity index (χ3v) is 5.78. The summed E-state index contributed by atoms with van der Waals surface area (Å²) in [5.41, 5.74) is 10.5. The summed E-state index contributed by atoms with van der Waals surface area (Å²) in [6, 6.07) is 12.6. The van der Waals surface area contributed by atoms with Crippen molar-refractivity contribution in [2.24, 2.45) is 10.9 Å². The molecule has 2 N–H and O–H groups in total. The molecule has 0 aliphatic carbocycles. The first-order valence-electron chi connectivity index (χ1n) is 11.0. The van der Waals surface area contributed by atoms with Crippen LogP contribution >= 0.6 is 0 Å². The Balaban J connectivity index is 1.63. The van der Waals surface area contributed by atoms with Gasteiger partial charge in [0.15, 0.2) is 5.84 Å². The van der Waals surface area contributed by atoms with E-state index in [0.29, 0.717) is 18.1 Å². The second kappa shape index (κ2) is 9.81. The topological polar surface area (TPSA) is 63.3 Å². The molecule has 0 aromatic heterocycles. The molecular weight excluding hydrogens is 419 g/mol. The summed E-state index contributed by atoms with van der Waals surface area (Å²) in [5.74, 6) is 1.30. The molecule has 1 atom stereocenters. The first-order chi connectivity index (χ1) is 16.0. The predicted molar refractivity (Wildman–Crippen MR) is 130 cm³/mol. The molecule has 2 heterocycles. The molecule has 0 amide bonds. The summed E-state index contributed by atoms with van der Waals surface area (Å²) >= 11 is 0. The second-order valence-electron chi connectivity index (χ2n) is 8.14. The summed E-state index contributed by atoms with van der Waals surface area (Å²) in [6.45, 7) is 7.01. The van der Waals surface area contributed by atoms with Crippen LogP contribution < -0.4 is 15.4 Å². The Labute approximate surface area is 194 Å². The normalized spacial score (nSPS) is 19.4. The lowest BCUT2D eigenvalue weighted by atomic mass is 9.96. The third kappa shape index (κ3) is 4.87. The van der Waals surface area contributed by atoms with E-state index in [9.17, 15) is 4.39 Å². The van der Waals surface area contributed by atoms with Gasteiger partial charge in [0.25, 0.3) is 0 Å². The van der Waals surface area contributed by atoms with Crippen LogP contribution in [0.15, 0.2) is 77.9 Å². The quantitative estimate of drug-likeness (QED) is 0.661. The van der Waals surface area contributed by atoms with E-state index in [-0.39, 0.29) is 11.9 Å². The highest BCUT2D eigenvalue weighted by Gasteiger charge is 2.33. The van der Waals surface area contributed by atoms with Crippen LogP contribution in [0.4, 0.5) is 10.1 Å². The lowest BCUT2D eigenvalue weighted by molar-refractivity contribution is 0.0575. The van der Waals surface area contributed by atoms with E-state index in [0.717, 1.165) is 47.6 Å². The Morgan fingerprint density at radius 3 is 2.79 bits per heavy atom. The van der Waals surface area contributed by atoms with E-state index in [1.165, 1.54) is 12.1 Å². The number of anilines is 1. The van der Waals surface area contributed by atoms with Crippen LogP contribution in [0.2, 0.25) is 0 Å². The van der Waals surface area contributed by atoms with Gasteiger partial charge >= 0.3 is 0 Å². The number of nitrogens with two attached hydrogens (primary N) is 1. The minimum absolute atomic E-state index is 0.00570. The number of hydrogen-bond donors (Lipinski definition) is 1. The Morgan fingerprint density at radius 1 is 1.30 bits per heavy atom. The van der Waals surface area contributed by atoms with E-state index >= 15 is 0 Å². The molecule has 33 heavy (non-hydrogen) atoms. The van der Waals surface area contributed by atoms with Gasteiger partial charge in [-0.05, 0) is 66.8 Å². The zero-order valence-electron chi connectivity index (χ0n) is 19.0. The number of halogens is 1. The number of ether oxygens (including phenoxy) is 1. The second-order valence-corrected chi connectivity index (χ2v) is 8.14. The van der Waals surface area contributed by atoms with Crippen LogP contribution in [0.5, 0.6) is 5.75 Å². The molecule has 2 aliphatic heterocycles. The number of rotatable bonds is 6. The summed E-state index contributed by atoms with van der Waals surface area (Å²) in [5, 5.41) is 4.38. The SMILES string of the molecule is C=CN(/C=C(/C)N)c1ccc(/C=C2\CCCN3C2=NOC[C@@H]3c2ccc(F)cc2)cc1OC. The average Bonchev–Trinajstić information content (AvgIpc) is 2.83. The molecule has 2 aromatic carbocycles. The Kier molecular flexibility index (Phi) is 6.68. The molecule has 1 saturated heterocycles. The largest absolute Gasteiger partial charge is 0.495 e. The van der Waals surface area contributed by atoms with Crippen molar-refractivity contribution in [1.82, 2.24) is 4.90 Å². The zero-order valence-corrected chi connectivity index (χ0v) is 19.0. The number of oxime groups is 1. The van der Waals surface area contributed by atoms with E-state index in [1.54, 1.807) is 19.5 Å². The Morgan fingerprint density at radius 2 is 2.09 bits per heavy atom. The standard InChI is InChI=1S/C26H29FN4O2/c1-4-30(16-18(2)28)23-12-7-19(15-25(23)32-3)14-21-6-5-13-31-24(17-33-29-26(21)31)20-8-10-22(27)11-9-20/h4,7-12,14-16,24H,1,5-6,13,17,28H2,2-3H3/b18-16-,21-14+/t24-/m1/s1. The molecule has 172 valence electrons. The van der Waals surface area contributed by atoms with Gasteiger partial charge in [-0.2, -0.15) is 0 Å². The highest BCUT2D eigenvalue weighted by Crippen LogP contribution is 2.35. The highest BCUT2D eigenvalue weighted by atomic mass is 19.1. The van der Waals surface area contributed by atoms with Crippen LogP contribution in [-0.2, 0) is 4.84 Å². The van der Waals surface area contributed by atoms with Gasteiger partial charge in [-0.15, -0.1) is 0 Å². The van der Waals surface area contributed by atoms with Crippen molar-refractivity contribution in [2.75, 3.05) is 25.2 Å². The maximum Gasteiger partial charge on any atom is 0.172 e. The van der Waals surface area contributed by atoms with E-state index in [1.807, 2.05) is 42.2 Å². The Hall–Kier alpha value is -3.74. The van der Waals surface area contributed by atoms with Crippen molar-refractivity contribution in [3.05, 3.63) is 89.7 Å². The minimum atomic E-state index is -0.242. The average molecular weight is 449 g/mol. The van der Waals surface area contributed by atoms with Gasteiger partial charge in [0.1, 0.15) is 18.2 Å². The number of methoxy groups -OCH3 is 1. The van der Waals surface area contributed by atoms with Crippen molar-refractivity contribution in [2.45, 2.75) is 25.8 Å². The fraction of sp³-hybridized carbons (Fsp3) is 0.269. The lowest BCUT2D eigenvalue weighted by Gasteiger charge is -2.40. The van der Waals surface area contributed by atoms with Gasteiger partial charge in [-0.1, -0.05) is 29.9 Å². The van der Waals surface area contributed by atoms with Crippen molar-refractivity contribution in [3.63, 3.8) is 0 Å². The number of fused-ring (bicyclic) bond motifs is 1. The van der Waals surface area contributed by atoms with Crippen molar-refractivity contribution in [1.29, 1.82) is 0 Å². The molecule has 1 fully saturated rings. The van der Waals surface area contributed by atoms with Crippen molar-refractivity contribution < 1.29 is 14.0 Å². The van der Waals surface area contributed by atoms with Crippen molar-refractivity contribution >= 4 is 17.6 Å². The van der Waals surface area contributed by atoms with E-state index in [4.69, 9.17) is 15.3 Å². The van der Waals surface area contributed by atoms with Gasteiger partial charge in [0.2, 0.25) is 0 Å².